The van der Waals surface area contributed by atoms with Crippen LogP contribution < -0.4 is 0 Å². The van der Waals surface area contributed by atoms with Gasteiger partial charge in [-0.15, -0.1) is 0 Å². The monoisotopic (exact) mass is 370 g/mol. The highest BCUT2D eigenvalue weighted by molar-refractivity contribution is 5.79. The molecule has 2 fully saturated rings. The van der Waals surface area contributed by atoms with Crippen molar-refractivity contribution in [2.45, 2.75) is 51.2 Å². The van der Waals surface area contributed by atoms with Crippen LogP contribution in [0.2, 0.25) is 0 Å². The van der Waals surface area contributed by atoms with Gasteiger partial charge in [0.15, 0.2) is 0 Å². The number of nitrogens with zero attached hydrogens (tertiary/aromatic N) is 4. The molecule has 1 aliphatic heterocycles. The average molecular weight is 370 g/mol. The van der Waals surface area contributed by atoms with E-state index in [1.807, 2.05) is 18.6 Å². The van der Waals surface area contributed by atoms with Crippen LogP contribution in [0.1, 0.15) is 49.4 Å². The van der Waals surface area contributed by atoms with Crippen molar-refractivity contribution in [2.75, 3.05) is 19.6 Å². The van der Waals surface area contributed by atoms with Gasteiger partial charge in [-0.25, -0.2) is 9.37 Å². The summed E-state index contributed by atoms with van der Waals surface area (Å²) >= 11 is 0. The van der Waals surface area contributed by atoms with Crippen LogP contribution in [0.5, 0.6) is 0 Å². The Morgan fingerprint density at radius 3 is 2.67 bits per heavy atom. The molecule has 0 atom stereocenters. The zero-order valence-electron chi connectivity index (χ0n) is 15.7. The maximum Gasteiger partial charge on any atom is 0.237 e. The molecule has 0 radical (unpaired) electrons. The Kier molecular flexibility index (Phi) is 5.53. The number of amides is 1. The first-order valence-electron chi connectivity index (χ1n) is 9.95. The Hall–Kier alpha value is -2.21. The molecule has 0 spiro atoms. The number of piperazine rings is 1. The summed E-state index contributed by atoms with van der Waals surface area (Å²) in [7, 11) is 0. The summed E-state index contributed by atoms with van der Waals surface area (Å²) in [6, 6.07) is 7.23. The summed E-state index contributed by atoms with van der Waals surface area (Å²) < 4.78 is 16.2. The second-order valence-corrected chi connectivity index (χ2v) is 7.70. The Bertz CT molecular complexity index is 784. The van der Waals surface area contributed by atoms with Gasteiger partial charge in [0.05, 0.1) is 18.6 Å². The van der Waals surface area contributed by atoms with E-state index >= 15 is 0 Å². The second kappa shape index (κ2) is 8.21. The van der Waals surface area contributed by atoms with E-state index in [-0.39, 0.29) is 11.7 Å². The number of halogens is 1. The van der Waals surface area contributed by atoms with Gasteiger partial charge >= 0.3 is 0 Å². The lowest BCUT2D eigenvalue weighted by atomic mass is 9.95. The zero-order chi connectivity index (χ0) is 18.6. The molecule has 2 heterocycles. The van der Waals surface area contributed by atoms with Gasteiger partial charge in [-0.2, -0.15) is 0 Å². The van der Waals surface area contributed by atoms with Crippen molar-refractivity contribution in [2.24, 2.45) is 0 Å². The van der Waals surface area contributed by atoms with E-state index < -0.39 is 0 Å². The van der Waals surface area contributed by atoms with Gasteiger partial charge in [0.2, 0.25) is 5.91 Å². The van der Waals surface area contributed by atoms with Crippen molar-refractivity contribution >= 4 is 5.91 Å². The van der Waals surface area contributed by atoms with Crippen LogP contribution in [0.15, 0.2) is 36.8 Å². The van der Waals surface area contributed by atoms with Crippen molar-refractivity contribution in [3.63, 3.8) is 0 Å². The minimum atomic E-state index is -0.246. The lowest BCUT2D eigenvalue weighted by molar-refractivity contribution is -0.137. The number of aromatic nitrogens is 2. The lowest BCUT2D eigenvalue weighted by Crippen LogP contribution is -2.49. The molecule has 144 valence electrons. The van der Waals surface area contributed by atoms with Crippen LogP contribution in [0.4, 0.5) is 4.39 Å². The highest BCUT2D eigenvalue weighted by Gasteiger charge is 2.26. The number of rotatable bonds is 5. The van der Waals surface area contributed by atoms with E-state index in [2.05, 4.69) is 14.5 Å². The van der Waals surface area contributed by atoms with Crippen molar-refractivity contribution < 1.29 is 9.18 Å². The van der Waals surface area contributed by atoms with E-state index in [0.29, 0.717) is 31.2 Å². The van der Waals surface area contributed by atoms with E-state index in [1.54, 1.807) is 17.0 Å². The van der Waals surface area contributed by atoms with E-state index in [1.165, 1.54) is 43.9 Å². The molecule has 0 N–H and O–H groups in total. The van der Waals surface area contributed by atoms with Gasteiger partial charge in [-0.3, -0.25) is 9.69 Å². The molecule has 1 aliphatic carbocycles. The molecule has 1 amide bonds. The molecule has 1 aromatic heterocycles. The van der Waals surface area contributed by atoms with Gasteiger partial charge < -0.3 is 9.47 Å². The molecule has 27 heavy (non-hydrogen) atoms. The Morgan fingerprint density at radius 2 is 1.89 bits per heavy atom. The molecule has 1 aromatic carbocycles. The van der Waals surface area contributed by atoms with Crippen LogP contribution in [-0.2, 0) is 17.9 Å². The van der Waals surface area contributed by atoms with Crippen LogP contribution in [0.3, 0.4) is 0 Å². The molecule has 2 aliphatic rings. The maximum absolute atomic E-state index is 13.9. The van der Waals surface area contributed by atoms with E-state index in [4.69, 9.17) is 0 Å². The first-order chi connectivity index (χ1) is 13.2. The number of carbonyl (C=O) groups is 1. The quantitative estimate of drug-likeness (QED) is 0.810. The smallest absolute Gasteiger partial charge is 0.237 e. The summed E-state index contributed by atoms with van der Waals surface area (Å²) in [6.45, 7) is 2.90. The minimum absolute atomic E-state index is 0.0632. The number of hydrogen-bond donors (Lipinski definition) is 0. The molecule has 6 heteroatoms. The van der Waals surface area contributed by atoms with Crippen LogP contribution >= 0.6 is 0 Å². The molecule has 4 rings (SSSR count). The summed E-state index contributed by atoms with van der Waals surface area (Å²) in [6.07, 6.45) is 10.2. The SMILES string of the molecule is O=C1CN(Cc2cncn2C2CCCCC2)CCN1Cc1ccccc1F. The highest BCUT2D eigenvalue weighted by Crippen LogP contribution is 2.29. The maximum atomic E-state index is 13.9. The average Bonchev–Trinajstić information content (AvgIpc) is 3.14. The third-order valence-electron chi connectivity index (χ3n) is 5.82. The molecule has 5 nitrogen and oxygen atoms in total. The van der Waals surface area contributed by atoms with Crippen molar-refractivity contribution in [1.82, 2.24) is 19.4 Å². The molecular weight excluding hydrogens is 343 g/mol. The zero-order valence-corrected chi connectivity index (χ0v) is 15.7. The fourth-order valence-corrected chi connectivity index (χ4v) is 4.26. The third kappa shape index (κ3) is 4.21. The van der Waals surface area contributed by atoms with Gasteiger partial charge in [0.25, 0.3) is 0 Å². The molecule has 2 aromatic rings. The molecular formula is C21H27FN4O. The van der Waals surface area contributed by atoms with Crippen LogP contribution in [-0.4, -0.2) is 44.9 Å². The first kappa shape index (κ1) is 18.2. The number of hydrogen-bond acceptors (Lipinski definition) is 3. The normalized spacial score (nSPS) is 19.6. The summed E-state index contributed by atoms with van der Waals surface area (Å²) in [5, 5.41) is 0. The fourth-order valence-electron chi connectivity index (χ4n) is 4.26. The molecule has 0 bridgehead atoms. The number of carbonyl (C=O) groups excluding carboxylic acids is 1. The fraction of sp³-hybridized carbons (Fsp3) is 0.524. The number of benzene rings is 1. The molecule has 1 saturated heterocycles. The third-order valence-corrected chi connectivity index (χ3v) is 5.82. The predicted octanol–water partition coefficient (Wildman–Crippen LogP) is 3.37. The molecule has 0 unspecified atom stereocenters. The van der Waals surface area contributed by atoms with Crippen molar-refractivity contribution in [3.8, 4) is 0 Å². The van der Waals surface area contributed by atoms with Gasteiger partial charge in [-0.05, 0) is 18.9 Å². The van der Waals surface area contributed by atoms with Crippen molar-refractivity contribution in [1.29, 1.82) is 0 Å². The van der Waals surface area contributed by atoms with Crippen molar-refractivity contribution in [3.05, 3.63) is 53.9 Å². The first-order valence-corrected chi connectivity index (χ1v) is 9.95. The highest BCUT2D eigenvalue weighted by atomic mass is 19.1. The van der Waals surface area contributed by atoms with E-state index in [0.717, 1.165) is 13.1 Å². The Labute approximate surface area is 159 Å². The largest absolute Gasteiger partial charge is 0.336 e. The van der Waals surface area contributed by atoms with E-state index in [9.17, 15) is 9.18 Å². The predicted molar refractivity (Wildman–Crippen MR) is 101 cm³/mol. The minimum Gasteiger partial charge on any atom is -0.336 e. The Balaban J connectivity index is 1.36. The summed E-state index contributed by atoms with van der Waals surface area (Å²) in [5.41, 5.74) is 1.77. The summed E-state index contributed by atoms with van der Waals surface area (Å²) in [5.74, 6) is -0.183. The van der Waals surface area contributed by atoms with Crippen LogP contribution in [0, 0.1) is 5.82 Å². The molecule has 1 saturated carbocycles. The number of imidazole rings is 1. The Morgan fingerprint density at radius 1 is 1.07 bits per heavy atom. The second-order valence-electron chi connectivity index (χ2n) is 7.70. The van der Waals surface area contributed by atoms with Gasteiger partial charge in [0.1, 0.15) is 5.82 Å². The summed E-state index contributed by atoms with van der Waals surface area (Å²) in [4.78, 5) is 20.9. The lowest BCUT2D eigenvalue weighted by Gasteiger charge is -2.35. The van der Waals surface area contributed by atoms with Gasteiger partial charge in [0, 0.05) is 44.0 Å². The van der Waals surface area contributed by atoms with Gasteiger partial charge in [-0.1, -0.05) is 37.5 Å². The standard InChI is InChI=1S/C21H27FN4O/c22-20-9-5-4-6-17(20)13-25-11-10-24(15-21(25)27)14-19-12-23-16-26(19)18-7-2-1-3-8-18/h4-6,9,12,16,18H,1-3,7-8,10-11,13-15H2. The van der Waals surface area contributed by atoms with Crippen LogP contribution in [0.25, 0.3) is 0 Å². The topological polar surface area (TPSA) is 41.4 Å².